The number of aryl methyl sites for hydroxylation is 5. The summed E-state index contributed by atoms with van der Waals surface area (Å²) in [6.07, 6.45) is 18.0. The van der Waals surface area contributed by atoms with E-state index in [1.807, 2.05) is 200 Å². The van der Waals surface area contributed by atoms with Crippen LogP contribution in [0.4, 0.5) is 0 Å². The number of aromatic nitrogens is 12. The molecule has 1 aliphatic rings. The van der Waals surface area contributed by atoms with E-state index >= 15 is 0 Å². The van der Waals surface area contributed by atoms with Gasteiger partial charge in [-0.3, -0.25) is 28.7 Å². The number of carbonyl (C=O) groups excluding carboxylic acids is 3. The van der Waals surface area contributed by atoms with Gasteiger partial charge in [0, 0.05) is 132 Å². The number of azide groups is 1. The number of allylic oxidation sites excluding steroid dienone is 1. The van der Waals surface area contributed by atoms with Crippen molar-refractivity contribution in [3.8, 4) is 34.1 Å². The minimum Gasteiger partial charge on any atom is -0.390 e. The molecule has 624 valence electrons. The van der Waals surface area contributed by atoms with E-state index in [1.165, 1.54) is 53.7 Å². The van der Waals surface area contributed by atoms with Crippen LogP contribution in [0, 0.1) is 59.6 Å². The summed E-state index contributed by atoms with van der Waals surface area (Å²) in [7, 11) is 0. The molecule has 10 heterocycles. The fourth-order valence-corrected chi connectivity index (χ4v) is 16.1. The van der Waals surface area contributed by atoms with E-state index in [0.717, 1.165) is 98.0 Å². The fraction of sp³-hybridized carbons (Fsp3) is 0.138. The molecule has 1 aliphatic heterocycles. The first kappa shape index (κ1) is 96.0. The summed E-state index contributed by atoms with van der Waals surface area (Å²) >= 11 is 30.2. The molecule has 122 heavy (non-hydrogen) atoms. The lowest BCUT2D eigenvalue weighted by molar-refractivity contribution is -0.696. The van der Waals surface area contributed by atoms with Gasteiger partial charge in [-0.2, -0.15) is 4.57 Å². The van der Waals surface area contributed by atoms with Crippen molar-refractivity contribution < 1.29 is 24.1 Å². The molecule has 35 heteroatoms. The number of imidazole rings is 5. The minimum absolute atomic E-state index is 0.0157. The SMILES string of the molecule is CC1=NC(CNC(=O)c2ccc(Cl)s2)=CC1[n+]1ccc(I)cc1.Cc1nc(C=O)cn1-c1ccc(I)cc1.Cc1nc(CN)cn1-c1ccc(I)cc1.Cc1nc(CN=[N+]=[N-])cn1-c1ccc(I)cc1.Cc1nc(CNC(=O)c2ccc(Cl)s2)cn1-c1ccc(-n2ccccc2=O)cc1.Cc1nc(CO)cn1-c1ccc(I)cc1.Ic1ccc(I)cc1. The first-order valence-corrected chi connectivity index (χ1v) is 46.8. The topological polar surface area (TPSA) is 298 Å². The molecule has 2 amide bonds. The van der Waals surface area contributed by atoms with Crippen molar-refractivity contribution in [2.24, 2.45) is 15.8 Å². The number of halogens is 9. The summed E-state index contributed by atoms with van der Waals surface area (Å²) in [5.74, 6) is 4.07. The standard InChI is InChI=1S/C21H17ClN4O2S.C16H13ClIN3OS.C11H10IN5.C11H12IN3.C11H11IN2O.C11H9IN2O.C6H4I2/c1-14-24-15(12-23-21(28)18-9-10-19(22)29-18)13-26(14)17-7-5-16(6-8-17)25-11-3-2-4-20(25)27;1-10-13(21-6-4-11(18)5-7-21)8-12(20-10)9-19-16(22)14-2-3-15(17)23-14;1-8-15-10(6-14-16-13)7-17(8)11-4-2-9(12)3-5-11;1-8-14-10(6-13)7-15(8)11-4-2-9(12)3-5-11;2*1-8-13-10(7-15)6-14(8)11-4-2-9(12)3-5-11;7-5-1-2-6(8)4-3-5/h2-11,13H,12H2,1H3,(H,23,28);2-8,13H,9H2,1H3;2-5,7H,6H2,1H3;2-5,7H,6,13H2,1H3;2-6,15H,7H2,1H3;2-7H,1H3;1-4H/p+1. The van der Waals surface area contributed by atoms with Crippen LogP contribution in [0.25, 0.3) is 44.6 Å². The Hall–Kier alpha value is -8.19. The summed E-state index contributed by atoms with van der Waals surface area (Å²) < 4.78 is 23.3. The van der Waals surface area contributed by atoms with E-state index in [9.17, 15) is 19.2 Å². The molecule has 0 fully saturated rings. The number of hydrogen-bond donors (Lipinski definition) is 4. The van der Waals surface area contributed by atoms with Gasteiger partial charge in [0.25, 0.3) is 17.4 Å². The van der Waals surface area contributed by atoms with Crippen molar-refractivity contribution in [3.63, 3.8) is 0 Å². The number of amides is 2. The lowest BCUT2D eigenvalue weighted by atomic mass is 10.2. The van der Waals surface area contributed by atoms with Crippen LogP contribution < -0.4 is 26.5 Å². The number of hydrogen-bond acceptors (Lipinski definition) is 15. The van der Waals surface area contributed by atoms with Crippen LogP contribution in [-0.4, -0.2) is 87.8 Å². The highest BCUT2D eigenvalue weighted by molar-refractivity contribution is 14.1. The van der Waals surface area contributed by atoms with Crippen LogP contribution >= 0.6 is 204 Å². The molecule has 24 nitrogen and oxygen atoms in total. The average molecular weight is 2490 g/mol. The number of rotatable bonds is 18. The molecular formula is C87H77Cl2I7N19O5S2+. The second-order valence-electron chi connectivity index (χ2n) is 26.2. The zero-order chi connectivity index (χ0) is 87.5. The van der Waals surface area contributed by atoms with Gasteiger partial charge in [0.15, 0.2) is 18.7 Å². The number of carbonyl (C=O) groups is 3. The highest BCUT2D eigenvalue weighted by Gasteiger charge is 2.26. The van der Waals surface area contributed by atoms with Crippen molar-refractivity contribution in [3.05, 3.63) is 383 Å². The van der Waals surface area contributed by atoms with Crippen LogP contribution in [-0.2, 0) is 26.2 Å². The molecule has 15 aromatic rings. The Balaban J connectivity index is 0.000000153. The summed E-state index contributed by atoms with van der Waals surface area (Å²) in [6, 6.07) is 64.9. The van der Waals surface area contributed by atoms with Crippen LogP contribution in [0.3, 0.4) is 0 Å². The highest BCUT2D eigenvalue weighted by Crippen LogP contribution is 2.26. The van der Waals surface area contributed by atoms with Crippen molar-refractivity contribution in [2.75, 3.05) is 6.54 Å². The molecule has 0 spiro atoms. The largest absolute Gasteiger partial charge is 0.390 e. The second kappa shape index (κ2) is 47.8. The van der Waals surface area contributed by atoms with Gasteiger partial charge in [0.05, 0.1) is 78.9 Å². The molecule has 9 aromatic heterocycles. The Labute approximate surface area is 818 Å². The fourth-order valence-electron chi connectivity index (χ4n) is 11.7. The normalized spacial score (nSPS) is 11.6. The Bertz CT molecular complexity index is 6090. The quantitative estimate of drug-likeness (QED) is 0.0156. The van der Waals surface area contributed by atoms with E-state index in [2.05, 4.69) is 285 Å². The van der Waals surface area contributed by atoms with Crippen LogP contribution in [0.15, 0.2) is 276 Å². The van der Waals surface area contributed by atoms with Crippen molar-refractivity contribution in [2.45, 2.75) is 73.8 Å². The molecule has 1 atom stereocenters. The lowest BCUT2D eigenvalue weighted by Gasteiger charge is -2.08. The number of pyridine rings is 2. The van der Waals surface area contributed by atoms with E-state index in [1.54, 1.807) is 47.3 Å². The van der Waals surface area contributed by atoms with Gasteiger partial charge in [0.1, 0.15) is 34.8 Å². The van der Waals surface area contributed by atoms with Gasteiger partial charge in [-0.1, -0.05) is 34.4 Å². The first-order chi connectivity index (χ1) is 58.6. The van der Waals surface area contributed by atoms with E-state index in [0.29, 0.717) is 49.4 Å². The zero-order valence-corrected chi connectivity index (χ0v) is 84.2. The third-order valence-electron chi connectivity index (χ3n) is 17.6. The number of nitrogens with two attached hydrogens (primary N) is 1. The van der Waals surface area contributed by atoms with Gasteiger partial charge in [-0.05, 0) is 381 Å². The van der Waals surface area contributed by atoms with Gasteiger partial charge < -0.3 is 44.3 Å². The Morgan fingerprint density at radius 3 is 1.24 bits per heavy atom. The summed E-state index contributed by atoms with van der Waals surface area (Å²) in [6.45, 7) is 13.1. The van der Waals surface area contributed by atoms with E-state index in [4.69, 9.17) is 39.6 Å². The third kappa shape index (κ3) is 28.7. The lowest BCUT2D eigenvalue weighted by Crippen LogP contribution is -2.40. The predicted molar refractivity (Wildman–Crippen MR) is 544 cm³/mol. The third-order valence-corrected chi connectivity index (χ3v) is 25.0. The smallest absolute Gasteiger partial charge is 0.261 e. The molecule has 1 unspecified atom stereocenters. The average Bonchev–Trinajstić information content (AvgIpc) is 1.63. The van der Waals surface area contributed by atoms with Crippen molar-refractivity contribution in [1.29, 1.82) is 0 Å². The molecule has 0 saturated carbocycles. The van der Waals surface area contributed by atoms with Gasteiger partial charge >= 0.3 is 0 Å². The Morgan fingerprint density at radius 1 is 0.492 bits per heavy atom. The first-order valence-electron chi connectivity index (χ1n) is 36.9. The number of aldehydes is 1. The Morgan fingerprint density at radius 2 is 0.852 bits per heavy atom. The number of aliphatic hydroxyl groups is 1. The number of nitrogens with one attached hydrogen (secondary N) is 2. The van der Waals surface area contributed by atoms with Crippen LogP contribution in [0.1, 0.15) is 94.7 Å². The molecule has 6 aromatic carbocycles. The maximum atomic E-state index is 12.2. The second-order valence-corrected chi connectivity index (χ2v) is 38.4. The number of aliphatic hydroxyl groups excluding tert-OH is 1. The summed E-state index contributed by atoms with van der Waals surface area (Å²) in [4.78, 5) is 76.8. The molecule has 0 aliphatic carbocycles. The maximum absolute atomic E-state index is 12.2. The molecule has 16 rings (SSSR count). The maximum Gasteiger partial charge on any atom is 0.261 e. The molecule has 0 bridgehead atoms. The number of nitrogens with zero attached hydrogens (tertiary/aromatic N) is 16. The number of thiophene rings is 2. The van der Waals surface area contributed by atoms with Crippen LogP contribution in [0.2, 0.25) is 8.67 Å². The zero-order valence-electron chi connectivity index (χ0n) is 66.0. The minimum atomic E-state index is -0.174. The summed E-state index contributed by atoms with van der Waals surface area (Å²) in [5.41, 5.74) is 25.2. The van der Waals surface area contributed by atoms with Gasteiger partial charge in [-0.25, -0.2) is 24.9 Å². The van der Waals surface area contributed by atoms with E-state index < -0.39 is 0 Å². The van der Waals surface area contributed by atoms with E-state index in [-0.39, 0.29) is 36.6 Å². The summed E-state index contributed by atoms with van der Waals surface area (Å²) in [5, 5.41) is 18.2. The molecular weight excluding hydrogens is 2410 g/mol. The van der Waals surface area contributed by atoms with Crippen LogP contribution in [0.5, 0.6) is 0 Å². The number of benzene rings is 6. The monoisotopic (exact) mass is 2490 g/mol. The predicted octanol–water partition coefficient (Wildman–Crippen LogP) is 21.2. The van der Waals surface area contributed by atoms with Gasteiger partial charge in [-0.15, -0.1) is 22.7 Å². The van der Waals surface area contributed by atoms with Crippen molar-refractivity contribution in [1.82, 2.24) is 63.0 Å². The van der Waals surface area contributed by atoms with Gasteiger partial charge in [0.2, 0.25) is 6.04 Å². The van der Waals surface area contributed by atoms with Crippen molar-refractivity contribution >= 4 is 228 Å². The highest BCUT2D eigenvalue weighted by atomic mass is 127. The Kier molecular flexibility index (Phi) is 37.6. The molecule has 5 N–H and O–H groups in total. The molecule has 0 saturated heterocycles. The number of aliphatic imine (C=N–C) groups is 1. The molecule has 0 radical (unpaired) electrons.